The second kappa shape index (κ2) is 11.0. The molecule has 5 rings (SSSR count). The van der Waals surface area contributed by atoms with Crippen LogP contribution in [0.5, 0.6) is 0 Å². The second-order valence-corrected chi connectivity index (χ2v) is 9.88. The summed E-state index contributed by atoms with van der Waals surface area (Å²) in [6.07, 6.45) is -1.12. The van der Waals surface area contributed by atoms with Crippen LogP contribution in [0.4, 0.5) is 0 Å². The summed E-state index contributed by atoms with van der Waals surface area (Å²) in [6, 6.07) is 0.213. The fraction of sp³-hybridized carbons (Fsp3) is 0.500. The number of nitrogens with zero attached hydrogens (tertiary/aromatic N) is 9. The molecule has 5 unspecified atom stereocenters. The zero-order valence-corrected chi connectivity index (χ0v) is 23.1. The number of hydrogen-bond donors (Lipinski definition) is 2. The maximum atomic E-state index is 12.8. The molecule has 224 valence electrons. The van der Waals surface area contributed by atoms with Crippen LogP contribution in [0, 0.1) is 0 Å². The standard InChI is InChI=1S/C24H29N9O9/c1-5-31-15(34)6-7-32(24(31)40)21-18(36)17(35)14(42-21)9-30-8-13(26-27-30)10-41-22(38)12(2)33-11-25-19-16(33)20(37)29(4)23(39)28(19)3/h6-8,11-12,14,17-18,21,35-36H,5,9-10H2,1-4H3. The van der Waals surface area contributed by atoms with Gasteiger partial charge in [-0.25, -0.2) is 24.0 Å². The molecule has 1 aliphatic heterocycles. The van der Waals surface area contributed by atoms with Gasteiger partial charge in [0, 0.05) is 32.9 Å². The van der Waals surface area contributed by atoms with Crippen molar-refractivity contribution in [2.45, 2.75) is 64.1 Å². The lowest BCUT2D eigenvalue weighted by Gasteiger charge is -2.18. The molecule has 1 saturated heterocycles. The Balaban J connectivity index is 1.24. The number of aromatic nitrogens is 9. The highest BCUT2D eigenvalue weighted by Crippen LogP contribution is 2.29. The van der Waals surface area contributed by atoms with Gasteiger partial charge in [-0.1, -0.05) is 5.21 Å². The first-order chi connectivity index (χ1) is 19.9. The molecule has 0 bridgehead atoms. The van der Waals surface area contributed by atoms with Crippen molar-refractivity contribution in [1.82, 2.24) is 42.8 Å². The lowest BCUT2D eigenvalue weighted by Crippen LogP contribution is -2.42. The number of aryl methyl sites for hydroxylation is 1. The quantitative estimate of drug-likeness (QED) is 0.197. The molecular weight excluding hydrogens is 558 g/mol. The maximum absolute atomic E-state index is 12.8. The first-order valence-corrected chi connectivity index (χ1v) is 13.0. The zero-order chi connectivity index (χ0) is 30.5. The Morgan fingerprint density at radius 3 is 2.57 bits per heavy atom. The summed E-state index contributed by atoms with van der Waals surface area (Å²) in [7, 11) is 2.80. The first kappa shape index (κ1) is 28.8. The van der Waals surface area contributed by atoms with Crippen molar-refractivity contribution >= 4 is 17.1 Å². The second-order valence-electron chi connectivity index (χ2n) is 9.88. The third-order valence-corrected chi connectivity index (χ3v) is 7.27. The van der Waals surface area contributed by atoms with E-state index in [1.54, 1.807) is 6.92 Å². The van der Waals surface area contributed by atoms with Gasteiger partial charge >= 0.3 is 17.3 Å². The van der Waals surface area contributed by atoms with Gasteiger partial charge < -0.3 is 24.3 Å². The van der Waals surface area contributed by atoms with Gasteiger partial charge in [-0.15, -0.1) is 5.10 Å². The molecule has 18 nitrogen and oxygen atoms in total. The van der Waals surface area contributed by atoms with E-state index in [0.29, 0.717) is 0 Å². The van der Waals surface area contributed by atoms with Crippen molar-refractivity contribution in [3.63, 3.8) is 0 Å². The predicted molar refractivity (Wildman–Crippen MR) is 141 cm³/mol. The number of ether oxygens (including phenoxy) is 2. The molecule has 42 heavy (non-hydrogen) atoms. The zero-order valence-electron chi connectivity index (χ0n) is 23.1. The van der Waals surface area contributed by atoms with Crippen molar-refractivity contribution < 1.29 is 24.5 Å². The van der Waals surface area contributed by atoms with E-state index in [1.165, 1.54) is 59.6 Å². The molecule has 5 atom stereocenters. The Labute approximate surface area is 235 Å². The van der Waals surface area contributed by atoms with Crippen molar-refractivity contribution in [2.24, 2.45) is 14.1 Å². The van der Waals surface area contributed by atoms with Gasteiger partial charge in [0.2, 0.25) is 0 Å². The number of carbonyl (C=O) groups is 1. The highest BCUT2D eigenvalue weighted by Gasteiger charge is 2.44. The molecule has 18 heteroatoms. The van der Waals surface area contributed by atoms with Crippen LogP contribution in [0.1, 0.15) is 31.8 Å². The Morgan fingerprint density at radius 1 is 1.12 bits per heavy atom. The fourth-order valence-corrected chi connectivity index (χ4v) is 4.84. The Bertz CT molecular complexity index is 1900. The van der Waals surface area contributed by atoms with Crippen molar-refractivity contribution in [3.8, 4) is 0 Å². The van der Waals surface area contributed by atoms with Gasteiger partial charge in [-0.05, 0) is 13.8 Å². The number of rotatable bonds is 8. The number of esters is 1. The van der Waals surface area contributed by atoms with E-state index in [1.807, 2.05) is 0 Å². The van der Waals surface area contributed by atoms with Crippen LogP contribution in [0.25, 0.3) is 11.2 Å². The molecule has 1 aliphatic rings. The first-order valence-electron chi connectivity index (χ1n) is 13.0. The van der Waals surface area contributed by atoms with E-state index in [-0.39, 0.29) is 36.6 Å². The third-order valence-electron chi connectivity index (χ3n) is 7.27. The topological polar surface area (TPSA) is 213 Å². The van der Waals surface area contributed by atoms with E-state index in [9.17, 15) is 34.2 Å². The molecule has 0 aromatic carbocycles. The number of fused-ring (bicyclic) bond motifs is 1. The molecule has 1 fully saturated rings. The average molecular weight is 588 g/mol. The van der Waals surface area contributed by atoms with Crippen LogP contribution in [0.15, 0.2) is 44.0 Å². The summed E-state index contributed by atoms with van der Waals surface area (Å²) in [4.78, 5) is 66.3. The van der Waals surface area contributed by atoms with Gasteiger partial charge in [0.05, 0.1) is 19.1 Å². The molecular formula is C24H29N9O9. The van der Waals surface area contributed by atoms with Crippen molar-refractivity contribution in [3.05, 3.63) is 72.2 Å². The SMILES string of the molecule is CCn1c(=O)ccn(C2OC(Cn3cc(COC(=O)C(C)n4cnc5c4c(=O)n(C)c(=O)n5C)nn3)C(O)C2O)c1=O. The minimum Gasteiger partial charge on any atom is -0.458 e. The smallest absolute Gasteiger partial charge is 0.333 e. The van der Waals surface area contributed by atoms with E-state index >= 15 is 0 Å². The van der Waals surface area contributed by atoms with Crippen LogP contribution in [-0.4, -0.2) is 77.3 Å². The summed E-state index contributed by atoms with van der Waals surface area (Å²) >= 11 is 0. The largest absolute Gasteiger partial charge is 0.458 e. The lowest BCUT2D eigenvalue weighted by molar-refractivity contribution is -0.148. The minimum absolute atomic E-state index is 0.0582. The van der Waals surface area contributed by atoms with Gasteiger partial charge in [-0.2, -0.15) is 0 Å². The third kappa shape index (κ3) is 4.78. The highest BCUT2D eigenvalue weighted by atomic mass is 16.6. The molecule has 0 amide bonds. The number of imidazole rings is 1. The normalized spacial score (nSPS) is 21.2. The van der Waals surface area contributed by atoms with E-state index < -0.39 is 59.0 Å². The molecule has 4 aromatic heterocycles. The summed E-state index contributed by atoms with van der Waals surface area (Å²) in [5.41, 5.74) is -1.87. The van der Waals surface area contributed by atoms with Gasteiger partial charge in [0.15, 0.2) is 17.4 Å². The summed E-state index contributed by atoms with van der Waals surface area (Å²) in [6.45, 7) is 2.94. The predicted octanol–water partition coefficient (Wildman–Crippen LogP) is -3.01. The molecule has 0 saturated carbocycles. The number of hydrogen-bond acceptors (Lipinski definition) is 12. The van der Waals surface area contributed by atoms with Gasteiger partial charge in [0.25, 0.3) is 11.1 Å². The Kier molecular flexibility index (Phi) is 7.52. The summed E-state index contributed by atoms with van der Waals surface area (Å²) in [5.74, 6) is -0.695. The monoisotopic (exact) mass is 587 g/mol. The minimum atomic E-state index is -1.46. The average Bonchev–Trinajstić information content (AvgIpc) is 3.68. The fourth-order valence-electron chi connectivity index (χ4n) is 4.84. The Hall–Kier alpha value is -4.68. The van der Waals surface area contributed by atoms with Crippen LogP contribution < -0.4 is 22.5 Å². The molecule has 0 spiro atoms. The highest BCUT2D eigenvalue weighted by molar-refractivity contribution is 5.78. The molecule has 5 heterocycles. The van der Waals surface area contributed by atoms with E-state index in [0.717, 1.165) is 13.7 Å². The van der Waals surface area contributed by atoms with E-state index in [2.05, 4.69) is 15.3 Å². The lowest BCUT2D eigenvalue weighted by atomic mass is 10.1. The van der Waals surface area contributed by atoms with Gasteiger partial charge in [0.1, 0.15) is 36.7 Å². The molecule has 4 aromatic rings. The number of carbonyl (C=O) groups excluding carboxylic acids is 1. The van der Waals surface area contributed by atoms with Crippen LogP contribution in [0.3, 0.4) is 0 Å². The van der Waals surface area contributed by atoms with Crippen LogP contribution in [0.2, 0.25) is 0 Å². The maximum Gasteiger partial charge on any atom is 0.333 e. The van der Waals surface area contributed by atoms with Gasteiger partial charge in [-0.3, -0.25) is 27.9 Å². The van der Waals surface area contributed by atoms with E-state index in [4.69, 9.17) is 9.47 Å². The molecule has 2 N–H and O–H groups in total. The summed E-state index contributed by atoms with van der Waals surface area (Å²) < 4.78 is 17.9. The Morgan fingerprint density at radius 2 is 1.86 bits per heavy atom. The van der Waals surface area contributed by atoms with Crippen molar-refractivity contribution in [2.75, 3.05) is 0 Å². The number of aliphatic hydroxyl groups is 2. The summed E-state index contributed by atoms with van der Waals surface area (Å²) in [5, 5.41) is 29.0. The molecule has 0 aliphatic carbocycles. The van der Waals surface area contributed by atoms with Crippen LogP contribution >= 0.6 is 0 Å². The molecule has 0 radical (unpaired) electrons. The number of aliphatic hydroxyl groups excluding tert-OH is 2. The van der Waals surface area contributed by atoms with Crippen LogP contribution in [-0.2, 0) is 48.1 Å². The van der Waals surface area contributed by atoms with Crippen molar-refractivity contribution in [1.29, 1.82) is 0 Å².